The van der Waals surface area contributed by atoms with Crippen LogP contribution in [0.2, 0.25) is 0 Å². The molecule has 27 heavy (non-hydrogen) atoms. The van der Waals surface area contributed by atoms with Crippen molar-refractivity contribution in [2.24, 2.45) is 17.3 Å². The van der Waals surface area contributed by atoms with Gasteiger partial charge < -0.3 is 19.3 Å². The Morgan fingerprint density at radius 3 is 2.67 bits per heavy atom. The van der Waals surface area contributed by atoms with Crippen LogP contribution in [0.3, 0.4) is 0 Å². The zero-order chi connectivity index (χ0) is 19.2. The summed E-state index contributed by atoms with van der Waals surface area (Å²) in [4.78, 5) is 16.4. The molecule has 1 aliphatic carbocycles. The lowest BCUT2D eigenvalue weighted by molar-refractivity contribution is -0.917. The predicted molar refractivity (Wildman–Crippen MR) is 104 cm³/mol. The number of quaternary nitrogens is 1. The fourth-order valence-electron chi connectivity index (χ4n) is 4.35. The molecule has 0 radical (unpaired) electrons. The van der Waals surface area contributed by atoms with Gasteiger partial charge in [0.2, 0.25) is 12.7 Å². The molecule has 5 nitrogen and oxygen atoms in total. The van der Waals surface area contributed by atoms with Crippen LogP contribution in [-0.2, 0) is 11.3 Å². The first-order valence-electron chi connectivity index (χ1n) is 9.40. The summed E-state index contributed by atoms with van der Waals surface area (Å²) >= 11 is 11.6. The van der Waals surface area contributed by atoms with Gasteiger partial charge in [0.05, 0.1) is 32.1 Å². The van der Waals surface area contributed by atoms with Crippen LogP contribution in [0.1, 0.15) is 19.4 Å². The van der Waals surface area contributed by atoms with Gasteiger partial charge in [0, 0.05) is 5.56 Å². The van der Waals surface area contributed by atoms with Gasteiger partial charge in [-0.2, -0.15) is 0 Å². The minimum absolute atomic E-state index is 0.0135. The lowest BCUT2D eigenvalue weighted by Crippen LogP contribution is -3.13. The van der Waals surface area contributed by atoms with Crippen LogP contribution in [0.15, 0.2) is 28.8 Å². The number of nitrogens with zero attached hydrogens (tertiary/aromatic N) is 1. The van der Waals surface area contributed by atoms with Crippen molar-refractivity contribution in [1.82, 2.24) is 4.90 Å². The highest BCUT2D eigenvalue weighted by Crippen LogP contribution is 2.60. The Bertz CT molecular complexity index is 768. The molecule has 1 aromatic rings. The SMILES string of the molecule is CC1(C)[C@H](C=C(Cl)Cl)[C@@H]1C(=O)N1CC[NH+](Cc2ccc3c(c2)OCO3)CC1. The Kier molecular flexibility index (Phi) is 5.04. The van der Waals surface area contributed by atoms with Crippen LogP contribution in [0, 0.1) is 17.3 Å². The fourth-order valence-corrected chi connectivity index (χ4v) is 4.62. The number of ether oxygens (including phenoxy) is 2. The van der Waals surface area contributed by atoms with E-state index in [1.165, 1.54) is 10.5 Å². The number of amides is 1. The van der Waals surface area contributed by atoms with Crippen LogP contribution >= 0.6 is 23.2 Å². The Labute approximate surface area is 169 Å². The standard InChI is InChI=1S/C20H24Cl2N2O3/c1-20(2)14(10-17(21)22)18(20)19(25)24-7-5-23(6-8-24)11-13-3-4-15-16(9-13)27-12-26-15/h3-4,9-10,14,18H,5-8,11-12H2,1-2H3/p+1/t14-,18-/m1/s1. The Hall–Kier alpha value is -1.43. The zero-order valence-electron chi connectivity index (χ0n) is 15.6. The van der Waals surface area contributed by atoms with Gasteiger partial charge in [-0.3, -0.25) is 4.79 Å². The number of hydrogen-bond acceptors (Lipinski definition) is 3. The Morgan fingerprint density at radius 2 is 1.96 bits per heavy atom. The maximum atomic E-state index is 12.9. The lowest BCUT2D eigenvalue weighted by Gasteiger charge is -2.32. The van der Waals surface area contributed by atoms with E-state index in [9.17, 15) is 4.79 Å². The number of piperazine rings is 1. The predicted octanol–water partition coefficient (Wildman–Crippen LogP) is 2.23. The second kappa shape index (κ2) is 7.19. The van der Waals surface area contributed by atoms with Crippen molar-refractivity contribution in [1.29, 1.82) is 0 Å². The summed E-state index contributed by atoms with van der Waals surface area (Å²) < 4.78 is 11.1. The van der Waals surface area contributed by atoms with Crippen molar-refractivity contribution < 1.29 is 19.2 Å². The van der Waals surface area contributed by atoms with Crippen LogP contribution in [0.5, 0.6) is 11.5 Å². The molecule has 1 amide bonds. The molecule has 146 valence electrons. The van der Waals surface area contributed by atoms with E-state index in [0.717, 1.165) is 44.2 Å². The molecule has 0 unspecified atom stereocenters. The number of nitrogens with one attached hydrogen (secondary N) is 1. The normalized spacial score (nSPS) is 26.0. The molecule has 1 saturated heterocycles. The maximum absolute atomic E-state index is 12.9. The number of carbonyl (C=O) groups is 1. The van der Waals surface area contributed by atoms with E-state index in [0.29, 0.717) is 6.79 Å². The summed E-state index contributed by atoms with van der Waals surface area (Å²) in [6.07, 6.45) is 1.81. The van der Waals surface area contributed by atoms with Crippen molar-refractivity contribution in [3.63, 3.8) is 0 Å². The highest BCUT2D eigenvalue weighted by Gasteiger charge is 2.61. The van der Waals surface area contributed by atoms with Gasteiger partial charge in [0.25, 0.3) is 0 Å². The minimum Gasteiger partial charge on any atom is -0.454 e. The van der Waals surface area contributed by atoms with Crippen LogP contribution in [0.4, 0.5) is 0 Å². The summed E-state index contributed by atoms with van der Waals surface area (Å²) in [5.41, 5.74) is 1.17. The van der Waals surface area contributed by atoms with Gasteiger partial charge >= 0.3 is 0 Å². The average molecular weight is 412 g/mol. The van der Waals surface area contributed by atoms with Crippen molar-refractivity contribution in [3.8, 4) is 11.5 Å². The molecule has 0 spiro atoms. The molecule has 4 rings (SSSR count). The second-order valence-electron chi connectivity index (χ2n) is 8.22. The number of benzene rings is 1. The summed E-state index contributed by atoms with van der Waals surface area (Å²) in [7, 11) is 0. The topological polar surface area (TPSA) is 43.2 Å². The van der Waals surface area contributed by atoms with Gasteiger partial charge in [0.1, 0.15) is 11.0 Å². The number of fused-ring (bicyclic) bond motifs is 1. The molecule has 2 atom stereocenters. The minimum atomic E-state index is -0.0669. The summed E-state index contributed by atoms with van der Waals surface area (Å²) in [6, 6.07) is 6.13. The molecule has 2 fully saturated rings. The molecule has 0 bridgehead atoms. The number of hydrogen-bond donors (Lipinski definition) is 1. The number of carbonyl (C=O) groups excluding carboxylic acids is 1. The van der Waals surface area contributed by atoms with E-state index in [2.05, 4.69) is 26.0 Å². The van der Waals surface area contributed by atoms with E-state index < -0.39 is 0 Å². The smallest absolute Gasteiger partial charge is 0.231 e. The highest BCUT2D eigenvalue weighted by molar-refractivity contribution is 6.55. The second-order valence-corrected chi connectivity index (χ2v) is 9.23. The summed E-state index contributed by atoms with van der Waals surface area (Å²) in [5.74, 6) is 2.00. The van der Waals surface area contributed by atoms with Gasteiger partial charge in [0.15, 0.2) is 11.5 Å². The number of halogens is 2. The van der Waals surface area contributed by atoms with E-state index in [4.69, 9.17) is 32.7 Å². The number of rotatable bonds is 4. The van der Waals surface area contributed by atoms with E-state index in [-0.39, 0.29) is 27.6 Å². The van der Waals surface area contributed by atoms with Crippen molar-refractivity contribution in [2.75, 3.05) is 33.0 Å². The molecule has 1 saturated carbocycles. The quantitative estimate of drug-likeness (QED) is 0.825. The highest BCUT2D eigenvalue weighted by atomic mass is 35.5. The molecular weight excluding hydrogens is 387 g/mol. The van der Waals surface area contributed by atoms with Crippen molar-refractivity contribution in [2.45, 2.75) is 20.4 Å². The monoisotopic (exact) mass is 411 g/mol. The molecular formula is C20H25Cl2N2O3+. The van der Waals surface area contributed by atoms with E-state index in [1.807, 2.05) is 17.0 Å². The van der Waals surface area contributed by atoms with Gasteiger partial charge in [-0.25, -0.2) is 0 Å². The first kappa shape index (κ1) is 18.9. The maximum Gasteiger partial charge on any atom is 0.231 e. The summed E-state index contributed by atoms with van der Waals surface area (Å²) in [6.45, 7) is 8.92. The molecule has 3 aliphatic rings. The first-order valence-corrected chi connectivity index (χ1v) is 10.2. The molecule has 1 N–H and O–H groups in total. The van der Waals surface area contributed by atoms with Crippen molar-refractivity contribution >= 4 is 29.1 Å². The van der Waals surface area contributed by atoms with E-state index >= 15 is 0 Å². The molecule has 2 aliphatic heterocycles. The van der Waals surface area contributed by atoms with Crippen LogP contribution in [-0.4, -0.2) is 43.8 Å². The fraction of sp³-hybridized carbons (Fsp3) is 0.550. The van der Waals surface area contributed by atoms with Crippen LogP contribution < -0.4 is 14.4 Å². The molecule has 1 aromatic carbocycles. The van der Waals surface area contributed by atoms with Crippen LogP contribution in [0.25, 0.3) is 0 Å². The van der Waals surface area contributed by atoms with Crippen molar-refractivity contribution in [3.05, 3.63) is 34.3 Å². The number of allylic oxidation sites excluding steroid dienone is 1. The van der Waals surface area contributed by atoms with Gasteiger partial charge in [-0.1, -0.05) is 37.0 Å². The third-order valence-electron chi connectivity index (χ3n) is 6.16. The molecule has 0 aromatic heterocycles. The zero-order valence-corrected chi connectivity index (χ0v) is 17.1. The Morgan fingerprint density at radius 1 is 1.26 bits per heavy atom. The lowest BCUT2D eigenvalue weighted by atomic mass is 10.1. The van der Waals surface area contributed by atoms with E-state index in [1.54, 1.807) is 0 Å². The largest absolute Gasteiger partial charge is 0.454 e. The average Bonchev–Trinajstić information content (AvgIpc) is 2.96. The third-order valence-corrected chi connectivity index (χ3v) is 6.41. The summed E-state index contributed by atoms with van der Waals surface area (Å²) in [5, 5.41) is 0. The first-order chi connectivity index (χ1) is 12.9. The van der Waals surface area contributed by atoms with Gasteiger partial charge in [-0.05, 0) is 35.6 Å². The molecule has 7 heteroatoms. The van der Waals surface area contributed by atoms with Gasteiger partial charge in [-0.15, -0.1) is 0 Å². The third kappa shape index (κ3) is 3.78. The molecule has 2 heterocycles. The Balaban J connectivity index is 1.31.